The van der Waals surface area contributed by atoms with Crippen LogP contribution in [0.1, 0.15) is 21.6 Å². The number of benzene rings is 1. The molecule has 1 saturated heterocycles. The van der Waals surface area contributed by atoms with Gasteiger partial charge < -0.3 is 19.7 Å². The van der Waals surface area contributed by atoms with Gasteiger partial charge in [0.1, 0.15) is 23.9 Å². The van der Waals surface area contributed by atoms with Crippen LogP contribution in [0.15, 0.2) is 59.6 Å². The van der Waals surface area contributed by atoms with Crippen molar-refractivity contribution in [2.75, 3.05) is 31.7 Å². The van der Waals surface area contributed by atoms with Crippen molar-refractivity contribution in [2.45, 2.75) is 35.8 Å². The van der Waals surface area contributed by atoms with E-state index in [4.69, 9.17) is 14.5 Å². The zero-order chi connectivity index (χ0) is 30.3. The van der Waals surface area contributed by atoms with Gasteiger partial charge in [-0.05, 0) is 42.5 Å². The molecule has 2 aliphatic heterocycles. The summed E-state index contributed by atoms with van der Waals surface area (Å²) in [6.07, 6.45) is -0.0393. The lowest BCUT2D eigenvalue weighted by Crippen LogP contribution is -2.25. The molecule has 1 fully saturated rings. The van der Waals surface area contributed by atoms with E-state index in [9.17, 15) is 26.4 Å². The predicted molar refractivity (Wildman–Crippen MR) is 150 cm³/mol. The third-order valence-corrected chi connectivity index (χ3v) is 9.22. The van der Waals surface area contributed by atoms with E-state index in [1.807, 2.05) is 17.0 Å². The molecule has 4 aromatic rings. The molecule has 1 N–H and O–H groups in total. The number of fused-ring (bicyclic) bond motifs is 2. The summed E-state index contributed by atoms with van der Waals surface area (Å²) in [6.45, 7) is -0.661. The van der Waals surface area contributed by atoms with Crippen LogP contribution >= 0.6 is 0 Å². The Morgan fingerprint density at radius 1 is 1.12 bits per heavy atom. The lowest BCUT2D eigenvalue weighted by atomic mass is 10.1. The van der Waals surface area contributed by atoms with Crippen LogP contribution in [0.2, 0.25) is 0 Å². The number of hydrogen-bond donors (Lipinski definition) is 1. The van der Waals surface area contributed by atoms with Crippen LogP contribution in [-0.2, 0) is 32.5 Å². The first kappa shape index (κ1) is 29.0. The van der Waals surface area contributed by atoms with Crippen molar-refractivity contribution < 1.29 is 35.9 Å². The molecular weight excluding hydrogens is 587 g/mol. The van der Waals surface area contributed by atoms with E-state index in [1.54, 1.807) is 30.5 Å². The Hall–Kier alpha value is -4.14. The second-order valence-electron chi connectivity index (χ2n) is 10.2. The topological polar surface area (TPSA) is 124 Å². The summed E-state index contributed by atoms with van der Waals surface area (Å²) in [6, 6.07) is 12.6. The van der Waals surface area contributed by atoms with E-state index in [-0.39, 0.29) is 24.2 Å². The Morgan fingerprint density at radius 2 is 1.93 bits per heavy atom. The number of halogens is 3. The smallest absolute Gasteiger partial charge is 0.251 e. The highest BCUT2D eigenvalue weighted by molar-refractivity contribution is 7.92. The maximum absolute atomic E-state index is 14.7. The van der Waals surface area contributed by atoms with Crippen LogP contribution in [0.5, 0.6) is 0 Å². The number of carbonyl (C=O) groups is 1. The lowest BCUT2D eigenvalue weighted by Gasteiger charge is -2.17. The Bertz CT molecular complexity index is 1830. The van der Waals surface area contributed by atoms with Gasteiger partial charge in [-0.15, -0.1) is 0 Å². The number of methoxy groups -OCH3 is 1. The lowest BCUT2D eigenvalue weighted by molar-refractivity contribution is 0.0650. The first-order valence-corrected chi connectivity index (χ1v) is 14.9. The molecule has 224 valence electrons. The van der Waals surface area contributed by atoms with Crippen molar-refractivity contribution in [3.05, 3.63) is 77.4 Å². The number of carbonyl (C=O) groups excluding carboxylic acids is 1. The number of pyridine rings is 3. The van der Waals surface area contributed by atoms with E-state index in [0.717, 1.165) is 17.5 Å². The molecule has 2 aliphatic rings. The molecule has 10 nitrogen and oxygen atoms in total. The van der Waals surface area contributed by atoms with Gasteiger partial charge in [-0.1, -0.05) is 6.07 Å². The zero-order valence-electron chi connectivity index (χ0n) is 22.8. The average molecular weight is 614 g/mol. The fourth-order valence-electron chi connectivity index (χ4n) is 5.07. The number of aromatic nitrogens is 3. The third-order valence-electron chi connectivity index (χ3n) is 7.44. The highest BCUT2D eigenvalue weighted by Gasteiger charge is 2.35. The highest BCUT2D eigenvalue weighted by Crippen LogP contribution is 2.30. The Labute approximate surface area is 244 Å². The second-order valence-corrected chi connectivity index (χ2v) is 12.3. The molecule has 1 amide bonds. The second kappa shape index (κ2) is 11.5. The summed E-state index contributed by atoms with van der Waals surface area (Å²) in [7, 11) is -3.05. The van der Waals surface area contributed by atoms with Crippen LogP contribution in [0.25, 0.3) is 22.3 Å². The van der Waals surface area contributed by atoms with Gasteiger partial charge in [0.15, 0.2) is 0 Å². The number of amides is 1. The molecule has 43 heavy (non-hydrogen) atoms. The zero-order valence-corrected chi connectivity index (χ0v) is 23.7. The Morgan fingerprint density at radius 3 is 2.72 bits per heavy atom. The minimum absolute atomic E-state index is 0.0747. The molecule has 5 heterocycles. The summed E-state index contributed by atoms with van der Waals surface area (Å²) in [5.74, 6) is -1.14. The number of alkyl halides is 2. The number of sulfone groups is 1. The van der Waals surface area contributed by atoms with Gasteiger partial charge >= 0.3 is 0 Å². The van der Waals surface area contributed by atoms with Gasteiger partial charge in [0.2, 0.25) is 15.3 Å². The molecule has 0 radical (unpaired) electrons. The van der Waals surface area contributed by atoms with E-state index in [2.05, 4.69) is 15.3 Å². The molecule has 0 saturated carbocycles. The molecule has 0 unspecified atom stereocenters. The maximum atomic E-state index is 14.7. The summed E-state index contributed by atoms with van der Waals surface area (Å²) in [4.78, 5) is 27.8. The SMILES string of the molecule is CO[C@H]1CN(c2cccc(-c3ccc4cnc(CNC(=O)c5cc(F)c6c(c5)S(=O)(=O)[C@@H](F)COC6)cc4n3)n2)C[C@@H]1F. The van der Waals surface area contributed by atoms with Crippen molar-refractivity contribution in [2.24, 2.45) is 0 Å². The number of hydrogen-bond acceptors (Lipinski definition) is 9. The van der Waals surface area contributed by atoms with E-state index < -0.39 is 57.5 Å². The average Bonchev–Trinajstić information content (AvgIpc) is 3.35. The standard InChI is InChI=1S/C29H26F3N5O5S/c1-41-25-13-37(12-21(25)31)28-4-2-3-22(36-28)23-6-5-16-10-33-18(9-24(16)35-23)11-34-29(38)17-7-20(30)19-14-42-15-27(32)43(39,40)26(19)8-17/h2-10,21,25,27H,11-15H2,1H3,(H,34,38)/t21-,25-,27+/m0/s1. The predicted octanol–water partition coefficient (Wildman–Crippen LogP) is 3.53. The van der Waals surface area contributed by atoms with Gasteiger partial charge in [0.25, 0.3) is 5.91 Å². The highest BCUT2D eigenvalue weighted by atomic mass is 32.2. The largest absolute Gasteiger partial charge is 0.377 e. The van der Waals surface area contributed by atoms with Crippen LogP contribution < -0.4 is 10.2 Å². The van der Waals surface area contributed by atoms with Gasteiger partial charge in [0.05, 0.1) is 53.8 Å². The van der Waals surface area contributed by atoms with Crippen molar-refractivity contribution in [3.63, 3.8) is 0 Å². The van der Waals surface area contributed by atoms with Crippen LogP contribution in [0, 0.1) is 5.82 Å². The number of nitrogens with one attached hydrogen (secondary N) is 1. The molecule has 0 spiro atoms. The number of nitrogens with zero attached hydrogens (tertiary/aromatic N) is 4. The number of rotatable bonds is 6. The van der Waals surface area contributed by atoms with Crippen LogP contribution in [0.4, 0.5) is 19.0 Å². The third kappa shape index (κ3) is 5.65. The normalized spacial score (nSPS) is 21.4. The fourth-order valence-corrected chi connectivity index (χ4v) is 6.42. The van der Waals surface area contributed by atoms with Crippen LogP contribution in [0.3, 0.4) is 0 Å². The summed E-state index contributed by atoms with van der Waals surface area (Å²) in [5.41, 5.74) is -0.798. The number of ether oxygens (including phenoxy) is 2. The molecule has 3 aromatic heterocycles. The van der Waals surface area contributed by atoms with Gasteiger partial charge in [-0.3, -0.25) is 9.78 Å². The molecule has 3 atom stereocenters. The monoisotopic (exact) mass is 613 g/mol. The van der Waals surface area contributed by atoms with E-state index in [1.165, 1.54) is 7.11 Å². The molecule has 0 aliphatic carbocycles. The summed E-state index contributed by atoms with van der Waals surface area (Å²) >= 11 is 0. The van der Waals surface area contributed by atoms with Crippen molar-refractivity contribution in [1.82, 2.24) is 20.3 Å². The van der Waals surface area contributed by atoms with E-state index >= 15 is 0 Å². The van der Waals surface area contributed by atoms with Crippen molar-refractivity contribution >= 4 is 32.5 Å². The minimum atomic E-state index is -4.53. The summed E-state index contributed by atoms with van der Waals surface area (Å²) < 4.78 is 78.3. The minimum Gasteiger partial charge on any atom is -0.377 e. The van der Waals surface area contributed by atoms with Gasteiger partial charge in [-0.25, -0.2) is 31.6 Å². The first-order valence-electron chi connectivity index (χ1n) is 13.4. The Kier molecular flexibility index (Phi) is 7.75. The van der Waals surface area contributed by atoms with Gasteiger partial charge in [0, 0.05) is 36.4 Å². The molecule has 14 heteroatoms. The molecular formula is C29H26F3N5O5S. The fraction of sp³-hybridized carbons (Fsp3) is 0.310. The number of anilines is 1. The van der Waals surface area contributed by atoms with E-state index in [0.29, 0.717) is 35.0 Å². The maximum Gasteiger partial charge on any atom is 0.251 e. The van der Waals surface area contributed by atoms with Crippen molar-refractivity contribution in [3.8, 4) is 11.4 Å². The van der Waals surface area contributed by atoms with Crippen molar-refractivity contribution in [1.29, 1.82) is 0 Å². The van der Waals surface area contributed by atoms with Crippen LogP contribution in [-0.4, -0.2) is 73.9 Å². The quantitative estimate of drug-likeness (QED) is 0.348. The Balaban J connectivity index is 1.20. The molecule has 1 aromatic carbocycles. The first-order chi connectivity index (χ1) is 20.6. The molecule has 0 bridgehead atoms. The van der Waals surface area contributed by atoms with Gasteiger partial charge in [-0.2, -0.15) is 0 Å². The molecule has 6 rings (SSSR count). The summed E-state index contributed by atoms with van der Waals surface area (Å²) in [5, 5.41) is 3.33.